The Bertz CT molecular complexity index is 411. The van der Waals surface area contributed by atoms with Gasteiger partial charge in [-0.3, -0.25) is 0 Å². The van der Waals surface area contributed by atoms with Crippen LogP contribution in [0.15, 0.2) is 35.2 Å². The molecule has 3 nitrogen and oxygen atoms in total. The van der Waals surface area contributed by atoms with Gasteiger partial charge < -0.3 is 10.1 Å². The SMILES string of the molecule is COc1ccc(CNCc2ccsc2)cn1. The van der Waals surface area contributed by atoms with Crippen LogP contribution in [0.5, 0.6) is 5.88 Å². The fourth-order valence-corrected chi connectivity index (χ4v) is 2.05. The molecule has 4 heteroatoms. The van der Waals surface area contributed by atoms with Gasteiger partial charge in [0.2, 0.25) is 5.88 Å². The standard InChI is InChI=1S/C12H14N2OS/c1-15-12-3-2-10(8-14-12)6-13-7-11-4-5-16-9-11/h2-5,8-9,13H,6-7H2,1H3. The van der Waals surface area contributed by atoms with E-state index in [0.29, 0.717) is 5.88 Å². The zero-order chi connectivity index (χ0) is 11.2. The van der Waals surface area contributed by atoms with Gasteiger partial charge in [-0.2, -0.15) is 11.3 Å². The molecule has 0 saturated carbocycles. The lowest BCUT2D eigenvalue weighted by Crippen LogP contribution is -2.12. The summed E-state index contributed by atoms with van der Waals surface area (Å²) in [4.78, 5) is 4.15. The lowest BCUT2D eigenvalue weighted by atomic mass is 10.2. The average molecular weight is 234 g/mol. The molecule has 0 spiro atoms. The molecule has 0 radical (unpaired) electrons. The maximum absolute atomic E-state index is 5.00. The Morgan fingerprint density at radius 2 is 2.12 bits per heavy atom. The zero-order valence-electron chi connectivity index (χ0n) is 9.14. The number of hydrogen-bond acceptors (Lipinski definition) is 4. The predicted molar refractivity (Wildman–Crippen MR) is 65.7 cm³/mol. The molecule has 0 aliphatic rings. The highest BCUT2D eigenvalue weighted by Gasteiger charge is 1.96. The maximum atomic E-state index is 5.00. The summed E-state index contributed by atoms with van der Waals surface area (Å²) in [6, 6.07) is 6.03. The van der Waals surface area contributed by atoms with Crippen LogP contribution >= 0.6 is 11.3 Å². The summed E-state index contributed by atoms with van der Waals surface area (Å²) in [6.45, 7) is 1.72. The van der Waals surface area contributed by atoms with Gasteiger partial charge in [0.15, 0.2) is 0 Å². The molecule has 0 atom stereocenters. The van der Waals surface area contributed by atoms with Crippen molar-refractivity contribution in [1.29, 1.82) is 0 Å². The van der Waals surface area contributed by atoms with E-state index in [2.05, 4.69) is 27.1 Å². The van der Waals surface area contributed by atoms with E-state index in [1.54, 1.807) is 18.4 Å². The van der Waals surface area contributed by atoms with E-state index in [4.69, 9.17) is 4.74 Å². The normalized spacial score (nSPS) is 10.3. The number of thiophene rings is 1. The smallest absolute Gasteiger partial charge is 0.212 e. The van der Waals surface area contributed by atoms with Gasteiger partial charge >= 0.3 is 0 Å². The number of nitrogens with one attached hydrogen (secondary N) is 1. The third-order valence-corrected chi connectivity index (χ3v) is 2.98. The molecule has 0 saturated heterocycles. The number of methoxy groups -OCH3 is 1. The van der Waals surface area contributed by atoms with Crippen LogP contribution in [0.2, 0.25) is 0 Å². The van der Waals surface area contributed by atoms with E-state index in [-0.39, 0.29) is 0 Å². The van der Waals surface area contributed by atoms with Crippen LogP contribution in [-0.4, -0.2) is 12.1 Å². The van der Waals surface area contributed by atoms with Gasteiger partial charge in [0.25, 0.3) is 0 Å². The Balaban J connectivity index is 1.81. The summed E-state index contributed by atoms with van der Waals surface area (Å²) in [6.07, 6.45) is 1.83. The van der Waals surface area contributed by atoms with Crippen molar-refractivity contribution in [3.8, 4) is 5.88 Å². The van der Waals surface area contributed by atoms with Crippen molar-refractivity contribution in [3.05, 3.63) is 46.3 Å². The third kappa shape index (κ3) is 3.05. The van der Waals surface area contributed by atoms with Gasteiger partial charge in [-0.15, -0.1) is 0 Å². The zero-order valence-corrected chi connectivity index (χ0v) is 9.96. The van der Waals surface area contributed by atoms with E-state index >= 15 is 0 Å². The summed E-state index contributed by atoms with van der Waals surface area (Å²) < 4.78 is 5.00. The number of aromatic nitrogens is 1. The molecule has 0 aromatic carbocycles. The van der Waals surface area contributed by atoms with Crippen molar-refractivity contribution in [1.82, 2.24) is 10.3 Å². The molecule has 2 aromatic rings. The summed E-state index contributed by atoms with van der Waals surface area (Å²) in [5, 5.41) is 7.61. The van der Waals surface area contributed by atoms with Crippen molar-refractivity contribution >= 4 is 11.3 Å². The van der Waals surface area contributed by atoms with Crippen LogP contribution in [0.25, 0.3) is 0 Å². The number of rotatable bonds is 5. The van der Waals surface area contributed by atoms with Crippen LogP contribution in [0.1, 0.15) is 11.1 Å². The van der Waals surface area contributed by atoms with Crippen molar-refractivity contribution in [2.45, 2.75) is 13.1 Å². The molecule has 0 aliphatic heterocycles. The van der Waals surface area contributed by atoms with Crippen LogP contribution in [0.4, 0.5) is 0 Å². The highest BCUT2D eigenvalue weighted by molar-refractivity contribution is 7.07. The molecule has 0 fully saturated rings. The second-order valence-corrected chi connectivity index (χ2v) is 4.22. The van der Waals surface area contributed by atoms with Gasteiger partial charge in [-0.25, -0.2) is 4.98 Å². The topological polar surface area (TPSA) is 34.1 Å². The fourth-order valence-electron chi connectivity index (χ4n) is 1.38. The number of hydrogen-bond donors (Lipinski definition) is 1. The highest BCUT2D eigenvalue weighted by Crippen LogP contribution is 2.08. The van der Waals surface area contributed by atoms with Crippen molar-refractivity contribution in [2.75, 3.05) is 7.11 Å². The van der Waals surface area contributed by atoms with Crippen molar-refractivity contribution in [3.63, 3.8) is 0 Å². The van der Waals surface area contributed by atoms with E-state index in [1.165, 1.54) is 5.56 Å². The van der Waals surface area contributed by atoms with Crippen molar-refractivity contribution < 1.29 is 4.74 Å². The van der Waals surface area contributed by atoms with Gasteiger partial charge in [0, 0.05) is 25.4 Å². The first-order chi connectivity index (χ1) is 7.88. The molecule has 0 amide bonds. The quantitative estimate of drug-likeness (QED) is 0.862. The van der Waals surface area contributed by atoms with E-state index < -0.39 is 0 Å². The Labute approximate surface area is 99.1 Å². The van der Waals surface area contributed by atoms with Crippen LogP contribution in [0.3, 0.4) is 0 Å². The molecule has 0 unspecified atom stereocenters. The molecule has 84 valence electrons. The Kier molecular flexibility index (Phi) is 3.91. The minimum absolute atomic E-state index is 0.654. The van der Waals surface area contributed by atoms with E-state index in [1.807, 2.05) is 18.3 Å². The predicted octanol–water partition coefficient (Wildman–Crippen LogP) is 2.44. The molecule has 1 N–H and O–H groups in total. The second kappa shape index (κ2) is 5.63. The molecule has 2 heterocycles. The number of ether oxygens (including phenoxy) is 1. The van der Waals surface area contributed by atoms with Gasteiger partial charge in [0.1, 0.15) is 0 Å². The molecule has 16 heavy (non-hydrogen) atoms. The van der Waals surface area contributed by atoms with Crippen LogP contribution in [0, 0.1) is 0 Å². The molecule has 0 bridgehead atoms. The van der Waals surface area contributed by atoms with Crippen molar-refractivity contribution in [2.24, 2.45) is 0 Å². The second-order valence-electron chi connectivity index (χ2n) is 3.44. The minimum atomic E-state index is 0.654. The van der Waals surface area contributed by atoms with Gasteiger partial charge in [0.05, 0.1) is 7.11 Å². The molecular formula is C12H14N2OS. The number of pyridine rings is 1. The molecule has 0 aliphatic carbocycles. The first-order valence-corrected chi connectivity index (χ1v) is 6.03. The monoisotopic (exact) mass is 234 g/mol. The molecule has 2 aromatic heterocycles. The Morgan fingerprint density at radius 1 is 1.25 bits per heavy atom. The molecule has 2 rings (SSSR count). The summed E-state index contributed by atoms with van der Waals surface area (Å²) in [5.41, 5.74) is 2.49. The van der Waals surface area contributed by atoms with Gasteiger partial charge in [-0.05, 0) is 28.0 Å². The molecular weight excluding hydrogens is 220 g/mol. The van der Waals surface area contributed by atoms with Gasteiger partial charge in [-0.1, -0.05) is 6.07 Å². The number of nitrogens with zero attached hydrogens (tertiary/aromatic N) is 1. The Hall–Kier alpha value is -1.39. The van der Waals surface area contributed by atoms with Crippen LogP contribution < -0.4 is 10.1 Å². The lowest BCUT2D eigenvalue weighted by molar-refractivity contribution is 0.397. The largest absolute Gasteiger partial charge is 0.481 e. The van der Waals surface area contributed by atoms with E-state index in [0.717, 1.165) is 18.7 Å². The minimum Gasteiger partial charge on any atom is -0.481 e. The fraction of sp³-hybridized carbons (Fsp3) is 0.250. The summed E-state index contributed by atoms with van der Waals surface area (Å²) >= 11 is 1.72. The Morgan fingerprint density at radius 3 is 2.75 bits per heavy atom. The average Bonchev–Trinajstić information content (AvgIpc) is 2.83. The third-order valence-electron chi connectivity index (χ3n) is 2.25. The van der Waals surface area contributed by atoms with E-state index in [9.17, 15) is 0 Å². The lowest BCUT2D eigenvalue weighted by Gasteiger charge is -2.04. The highest BCUT2D eigenvalue weighted by atomic mass is 32.1. The maximum Gasteiger partial charge on any atom is 0.212 e. The van der Waals surface area contributed by atoms with Crippen LogP contribution in [-0.2, 0) is 13.1 Å². The summed E-state index contributed by atoms with van der Waals surface area (Å²) in [7, 11) is 1.62. The summed E-state index contributed by atoms with van der Waals surface area (Å²) in [5.74, 6) is 0.654. The first kappa shape index (κ1) is 11.1. The first-order valence-electron chi connectivity index (χ1n) is 5.09.